The first-order chi connectivity index (χ1) is 9.89. The Balaban J connectivity index is 2.24. The molecule has 1 fully saturated rings. The van der Waals surface area contributed by atoms with E-state index in [0.717, 1.165) is 12.5 Å². The number of carboxylic acids is 1. The number of hydrogen-bond donors (Lipinski definition) is 2. The lowest BCUT2D eigenvalue weighted by Crippen LogP contribution is -2.59. The highest BCUT2D eigenvalue weighted by Gasteiger charge is 2.45. The van der Waals surface area contributed by atoms with E-state index in [1.165, 1.54) is 19.2 Å². The fourth-order valence-corrected chi connectivity index (χ4v) is 2.18. The number of nitro groups is 1. The highest BCUT2D eigenvalue weighted by molar-refractivity contribution is 5.98. The van der Waals surface area contributed by atoms with Crippen molar-refractivity contribution in [2.45, 2.75) is 24.8 Å². The van der Waals surface area contributed by atoms with Crippen molar-refractivity contribution in [3.8, 4) is 5.75 Å². The van der Waals surface area contributed by atoms with Gasteiger partial charge in [-0.2, -0.15) is 0 Å². The number of nitrogens with one attached hydrogen (secondary N) is 1. The number of carbonyl (C=O) groups is 2. The van der Waals surface area contributed by atoms with Crippen LogP contribution < -0.4 is 10.1 Å². The number of hydrogen-bond acceptors (Lipinski definition) is 5. The quantitative estimate of drug-likeness (QED) is 0.624. The third kappa shape index (κ3) is 2.64. The largest absolute Gasteiger partial charge is 0.490 e. The molecule has 1 saturated carbocycles. The topological polar surface area (TPSA) is 119 Å². The van der Waals surface area contributed by atoms with E-state index in [1.807, 2.05) is 0 Å². The molecule has 0 aliphatic heterocycles. The summed E-state index contributed by atoms with van der Waals surface area (Å²) in [6, 6.07) is 3.65. The van der Waals surface area contributed by atoms with Crippen LogP contribution in [-0.4, -0.2) is 34.6 Å². The molecule has 0 saturated heterocycles. The minimum Gasteiger partial charge on any atom is -0.490 e. The lowest BCUT2D eigenvalue weighted by molar-refractivity contribution is -0.385. The summed E-state index contributed by atoms with van der Waals surface area (Å²) in [6.45, 7) is 0. The molecule has 112 valence electrons. The second-order valence-corrected chi connectivity index (χ2v) is 4.84. The van der Waals surface area contributed by atoms with Gasteiger partial charge in [0.25, 0.3) is 5.91 Å². The van der Waals surface area contributed by atoms with Crippen molar-refractivity contribution >= 4 is 17.6 Å². The molecule has 2 N–H and O–H groups in total. The molecule has 0 aromatic heterocycles. The molecule has 8 nitrogen and oxygen atoms in total. The van der Waals surface area contributed by atoms with Crippen molar-refractivity contribution in [3.63, 3.8) is 0 Å². The van der Waals surface area contributed by atoms with Gasteiger partial charge in [-0.3, -0.25) is 14.9 Å². The van der Waals surface area contributed by atoms with Crippen molar-refractivity contribution in [2.75, 3.05) is 7.11 Å². The second-order valence-electron chi connectivity index (χ2n) is 4.84. The molecule has 21 heavy (non-hydrogen) atoms. The average molecular weight is 294 g/mol. The summed E-state index contributed by atoms with van der Waals surface area (Å²) in [5.41, 5.74) is -1.37. The summed E-state index contributed by atoms with van der Waals surface area (Å²) in [5.74, 6) is -1.72. The van der Waals surface area contributed by atoms with Crippen LogP contribution in [0.1, 0.15) is 29.6 Å². The second kappa shape index (κ2) is 5.39. The van der Waals surface area contributed by atoms with E-state index < -0.39 is 22.3 Å². The smallest absolute Gasteiger partial charge is 0.329 e. The zero-order valence-electron chi connectivity index (χ0n) is 11.3. The van der Waals surface area contributed by atoms with Crippen molar-refractivity contribution in [1.29, 1.82) is 0 Å². The Bertz CT molecular complexity index is 609. The normalized spacial score (nSPS) is 15.7. The average Bonchev–Trinajstić information content (AvgIpc) is 2.41. The fourth-order valence-electron chi connectivity index (χ4n) is 2.18. The Kier molecular flexibility index (Phi) is 3.79. The Labute approximate surface area is 119 Å². The number of carboxylic acid groups (broad SMARTS) is 1. The van der Waals surface area contributed by atoms with Gasteiger partial charge in [-0.15, -0.1) is 0 Å². The lowest BCUT2D eigenvalue weighted by atomic mass is 9.76. The van der Waals surface area contributed by atoms with Crippen LogP contribution in [0.5, 0.6) is 5.75 Å². The molecule has 1 aliphatic rings. The molecule has 1 aromatic carbocycles. The van der Waals surface area contributed by atoms with E-state index in [0.29, 0.717) is 12.8 Å². The van der Waals surface area contributed by atoms with Crippen LogP contribution in [0.25, 0.3) is 0 Å². The number of methoxy groups -OCH3 is 1. The first kappa shape index (κ1) is 14.8. The summed E-state index contributed by atoms with van der Waals surface area (Å²) in [6.07, 6.45) is 1.48. The molecule has 1 aromatic rings. The molecule has 2 rings (SSSR count). The van der Waals surface area contributed by atoms with Crippen molar-refractivity contribution in [2.24, 2.45) is 0 Å². The van der Waals surface area contributed by atoms with Gasteiger partial charge in [0.15, 0.2) is 5.75 Å². The van der Waals surface area contributed by atoms with Crippen LogP contribution in [-0.2, 0) is 4.79 Å². The number of rotatable bonds is 5. The maximum absolute atomic E-state index is 12.1. The maximum Gasteiger partial charge on any atom is 0.329 e. The SMILES string of the molecule is COc1cc(C(=O)NC2(C(=O)O)CCC2)ccc1[N+](=O)[O-]. The minimum atomic E-state index is -1.23. The predicted molar refractivity (Wildman–Crippen MR) is 71.3 cm³/mol. The first-order valence-electron chi connectivity index (χ1n) is 6.28. The van der Waals surface area contributed by atoms with E-state index in [-0.39, 0.29) is 17.0 Å². The highest BCUT2D eigenvalue weighted by atomic mass is 16.6. The minimum absolute atomic E-state index is 0.0503. The van der Waals surface area contributed by atoms with Gasteiger partial charge in [-0.25, -0.2) is 4.79 Å². The Hall–Kier alpha value is -2.64. The van der Waals surface area contributed by atoms with Crippen molar-refractivity contribution in [1.82, 2.24) is 5.32 Å². The van der Waals surface area contributed by atoms with Crippen molar-refractivity contribution in [3.05, 3.63) is 33.9 Å². The number of nitro benzene ring substituents is 1. The fraction of sp³-hybridized carbons (Fsp3) is 0.385. The monoisotopic (exact) mass is 294 g/mol. The molecule has 0 radical (unpaired) electrons. The zero-order chi connectivity index (χ0) is 15.6. The molecule has 1 amide bonds. The van der Waals surface area contributed by atoms with E-state index >= 15 is 0 Å². The molecule has 0 unspecified atom stereocenters. The molecule has 0 spiro atoms. The van der Waals surface area contributed by atoms with Gasteiger partial charge in [-0.05, 0) is 25.3 Å². The Morgan fingerprint density at radius 2 is 2.10 bits per heavy atom. The molecular formula is C13H14N2O6. The first-order valence-corrected chi connectivity index (χ1v) is 6.28. The number of carbonyl (C=O) groups excluding carboxylic acids is 1. The van der Waals surface area contributed by atoms with Gasteiger partial charge in [-0.1, -0.05) is 0 Å². The molecule has 0 bridgehead atoms. The van der Waals surface area contributed by atoms with Gasteiger partial charge < -0.3 is 15.2 Å². The molecule has 8 heteroatoms. The molecular weight excluding hydrogens is 280 g/mol. The number of benzene rings is 1. The van der Waals surface area contributed by atoms with E-state index in [4.69, 9.17) is 9.84 Å². The van der Waals surface area contributed by atoms with Gasteiger partial charge in [0, 0.05) is 17.7 Å². The third-order valence-corrected chi connectivity index (χ3v) is 3.61. The lowest BCUT2D eigenvalue weighted by Gasteiger charge is -2.38. The number of nitrogens with zero attached hydrogens (tertiary/aromatic N) is 1. The van der Waals surface area contributed by atoms with Crippen LogP contribution in [0.4, 0.5) is 5.69 Å². The van der Waals surface area contributed by atoms with Gasteiger partial charge in [0.05, 0.1) is 12.0 Å². The molecule has 1 aliphatic carbocycles. The number of amides is 1. The Morgan fingerprint density at radius 1 is 1.43 bits per heavy atom. The summed E-state index contributed by atoms with van der Waals surface area (Å²) in [5, 5.41) is 22.4. The molecule has 0 atom stereocenters. The number of aliphatic carboxylic acids is 1. The van der Waals surface area contributed by atoms with Gasteiger partial charge in [0.1, 0.15) is 5.54 Å². The summed E-state index contributed by atoms with van der Waals surface area (Å²) >= 11 is 0. The van der Waals surface area contributed by atoms with Gasteiger partial charge in [0.2, 0.25) is 0 Å². The maximum atomic E-state index is 12.1. The van der Waals surface area contributed by atoms with Crippen LogP contribution in [0.15, 0.2) is 18.2 Å². The van der Waals surface area contributed by atoms with E-state index in [2.05, 4.69) is 5.32 Å². The predicted octanol–water partition coefficient (Wildman–Crippen LogP) is 1.34. The summed E-state index contributed by atoms with van der Waals surface area (Å²) < 4.78 is 4.88. The summed E-state index contributed by atoms with van der Waals surface area (Å²) in [7, 11) is 1.26. The number of ether oxygens (including phenoxy) is 1. The van der Waals surface area contributed by atoms with Crippen LogP contribution in [0.3, 0.4) is 0 Å². The Morgan fingerprint density at radius 3 is 2.52 bits per heavy atom. The van der Waals surface area contributed by atoms with Crippen molar-refractivity contribution < 1.29 is 24.4 Å². The van der Waals surface area contributed by atoms with Crippen LogP contribution >= 0.6 is 0 Å². The van der Waals surface area contributed by atoms with Gasteiger partial charge >= 0.3 is 11.7 Å². The standard InChI is InChI=1S/C13H14N2O6/c1-21-10-7-8(3-4-9(10)15(19)20)11(16)14-13(12(17)18)5-2-6-13/h3-4,7H,2,5-6H2,1H3,(H,14,16)(H,17,18). The zero-order valence-corrected chi connectivity index (χ0v) is 11.3. The van der Waals surface area contributed by atoms with E-state index in [1.54, 1.807) is 0 Å². The van der Waals surface area contributed by atoms with Crippen LogP contribution in [0, 0.1) is 10.1 Å². The third-order valence-electron chi connectivity index (χ3n) is 3.61. The van der Waals surface area contributed by atoms with Crippen LogP contribution in [0.2, 0.25) is 0 Å². The summed E-state index contributed by atoms with van der Waals surface area (Å²) in [4.78, 5) is 33.5. The van der Waals surface area contributed by atoms with E-state index in [9.17, 15) is 19.7 Å². The molecule has 0 heterocycles. The highest BCUT2D eigenvalue weighted by Crippen LogP contribution is 2.33.